The molecule has 0 saturated carbocycles. The molecular weight excluding hydrogens is 410 g/mol. The van der Waals surface area contributed by atoms with E-state index in [1.54, 1.807) is 0 Å². The molecule has 5 heteroatoms. The maximum absolute atomic E-state index is 10.4. The van der Waals surface area contributed by atoms with E-state index in [9.17, 15) is 5.11 Å². The molecule has 1 heterocycles. The first-order valence-corrected chi connectivity index (χ1v) is 11.4. The highest BCUT2D eigenvalue weighted by Crippen LogP contribution is 2.32. The normalized spacial score (nSPS) is 12.1. The molecule has 170 valence electrons. The molecule has 0 saturated heterocycles. The third-order valence-corrected chi connectivity index (χ3v) is 5.67. The van der Waals surface area contributed by atoms with Gasteiger partial charge >= 0.3 is 0 Å². The molecule has 0 spiro atoms. The summed E-state index contributed by atoms with van der Waals surface area (Å²) in [7, 11) is 0. The van der Waals surface area contributed by atoms with Crippen LogP contribution in [0.5, 0.6) is 11.6 Å². The highest BCUT2D eigenvalue weighted by molar-refractivity contribution is 5.43. The molecule has 0 aliphatic rings. The maximum atomic E-state index is 10.4. The van der Waals surface area contributed by atoms with Gasteiger partial charge in [0.15, 0.2) is 0 Å². The standard InChI is InChI=1S/C28H31N3O2/c1-3-25(32)20-30(19-23-13-7-4-8-14-23)21-27-22(2)29-31(24-15-9-5-10-16-24)28(27)33-26-17-11-6-12-18-26/h4-18,25,32H,3,19-21H2,1-2H3. The number of hydrogen-bond donors (Lipinski definition) is 1. The molecule has 0 bridgehead atoms. The Morgan fingerprint density at radius 3 is 2.12 bits per heavy atom. The van der Waals surface area contributed by atoms with Crippen molar-refractivity contribution in [3.63, 3.8) is 0 Å². The van der Waals surface area contributed by atoms with Crippen molar-refractivity contribution in [3.05, 3.63) is 108 Å². The van der Waals surface area contributed by atoms with E-state index >= 15 is 0 Å². The lowest BCUT2D eigenvalue weighted by Gasteiger charge is -2.25. The van der Waals surface area contributed by atoms with Gasteiger partial charge in [0, 0.05) is 19.6 Å². The second-order valence-corrected chi connectivity index (χ2v) is 8.25. The third-order valence-electron chi connectivity index (χ3n) is 5.67. The maximum Gasteiger partial charge on any atom is 0.227 e. The second-order valence-electron chi connectivity index (χ2n) is 8.25. The minimum Gasteiger partial charge on any atom is -0.439 e. The number of aromatic nitrogens is 2. The van der Waals surface area contributed by atoms with E-state index in [-0.39, 0.29) is 0 Å². The molecular formula is C28H31N3O2. The summed E-state index contributed by atoms with van der Waals surface area (Å²) in [6.45, 7) is 5.95. The van der Waals surface area contributed by atoms with Crippen LogP contribution in [0.1, 0.15) is 30.2 Å². The highest BCUT2D eigenvalue weighted by atomic mass is 16.5. The quantitative estimate of drug-likeness (QED) is 0.341. The van der Waals surface area contributed by atoms with E-state index in [2.05, 4.69) is 17.0 Å². The lowest BCUT2D eigenvalue weighted by atomic mass is 10.1. The van der Waals surface area contributed by atoms with Gasteiger partial charge in [0.2, 0.25) is 5.88 Å². The van der Waals surface area contributed by atoms with Gasteiger partial charge in [-0.25, -0.2) is 4.68 Å². The van der Waals surface area contributed by atoms with Crippen LogP contribution in [0.2, 0.25) is 0 Å². The first-order chi connectivity index (χ1) is 16.1. The molecule has 0 aliphatic carbocycles. The van der Waals surface area contributed by atoms with Crippen LogP contribution in [0, 0.1) is 6.92 Å². The Morgan fingerprint density at radius 1 is 0.879 bits per heavy atom. The largest absolute Gasteiger partial charge is 0.439 e. The van der Waals surface area contributed by atoms with Crippen LogP contribution >= 0.6 is 0 Å². The first kappa shape index (κ1) is 22.8. The molecule has 0 fully saturated rings. The van der Waals surface area contributed by atoms with Crippen LogP contribution in [0.4, 0.5) is 0 Å². The summed E-state index contributed by atoms with van der Waals surface area (Å²) in [6, 6.07) is 30.2. The predicted octanol–water partition coefficient (Wildman–Crippen LogP) is 5.75. The van der Waals surface area contributed by atoms with E-state index < -0.39 is 6.10 Å². The molecule has 33 heavy (non-hydrogen) atoms. The van der Waals surface area contributed by atoms with Crippen LogP contribution in [0.25, 0.3) is 5.69 Å². The van der Waals surface area contributed by atoms with Crippen molar-refractivity contribution in [2.24, 2.45) is 0 Å². The Labute approximate surface area is 195 Å². The molecule has 1 N–H and O–H groups in total. The van der Waals surface area contributed by atoms with Crippen LogP contribution < -0.4 is 4.74 Å². The number of benzene rings is 3. The van der Waals surface area contributed by atoms with Crippen molar-refractivity contribution in [3.8, 4) is 17.3 Å². The molecule has 0 amide bonds. The summed E-state index contributed by atoms with van der Waals surface area (Å²) < 4.78 is 8.28. The average molecular weight is 442 g/mol. The van der Waals surface area contributed by atoms with Gasteiger partial charge in [-0.15, -0.1) is 0 Å². The Balaban J connectivity index is 1.71. The van der Waals surface area contributed by atoms with E-state index in [0.29, 0.717) is 25.4 Å². The van der Waals surface area contributed by atoms with E-state index in [0.717, 1.165) is 29.2 Å². The molecule has 0 aliphatic heterocycles. The lowest BCUT2D eigenvalue weighted by Crippen LogP contribution is -2.31. The summed E-state index contributed by atoms with van der Waals surface area (Å²) in [5, 5.41) is 15.3. The molecule has 4 aromatic rings. The van der Waals surface area contributed by atoms with E-state index in [1.165, 1.54) is 5.56 Å². The van der Waals surface area contributed by atoms with E-state index in [1.807, 2.05) is 97.4 Å². The summed E-state index contributed by atoms with van der Waals surface area (Å²) >= 11 is 0. The van der Waals surface area contributed by atoms with Gasteiger partial charge in [-0.3, -0.25) is 4.90 Å². The van der Waals surface area contributed by atoms with Crippen LogP contribution in [-0.2, 0) is 13.1 Å². The summed E-state index contributed by atoms with van der Waals surface area (Å²) in [5.41, 5.74) is 4.08. The van der Waals surface area contributed by atoms with E-state index in [4.69, 9.17) is 9.84 Å². The fourth-order valence-electron chi connectivity index (χ4n) is 3.85. The third kappa shape index (κ3) is 5.89. The van der Waals surface area contributed by atoms with Crippen LogP contribution in [0.3, 0.4) is 0 Å². The zero-order valence-electron chi connectivity index (χ0n) is 19.3. The Kier molecular flexibility index (Phi) is 7.55. The molecule has 5 nitrogen and oxygen atoms in total. The van der Waals surface area contributed by atoms with Gasteiger partial charge in [-0.2, -0.15) is 5.10 Å². The average Bonchev–Trinajstić information content (AvgIpc) is 3.15. The number of rotatable bonds is 10. The fourth-order valence-corrected chi connectivity index (χ4v) is 3.85. The number of para-hydroxylation sites is 2. The van der Waals surface area contributed by atoms with Gasteiger partial charge < -0.3 is 9.84 Å². The highest BCUT2D eigenvalue weighted by Gasteiger charge is 2.22. The number of aryl methyl sites for hydroxylation is 1. The molecule has 0 radical (unpaired) electrons. The zero-order valence-corrected chi connectivity index (χ0v) is 19.3. The van der Waals surface area contributed by atoms with Crippen LogP contribution in [-0.4, -0.2) is 32.4 Å². The van der Waals surface area contributed by atoms with Crippen molar-refractivity contribution in [1.82, 2.24) is 14.7 Å². The van der Waals surface area contributed by atoms with Crippen molar-refractivity contribution >= 4 is 0 Å². The first-order valence-electron chi connectivity index (χ1n) is 11.4. The van der Waals surface area contributed by atoms with Crippen molar-refractivity contribution in [2.75, 3.05) is 6.54 Å². The minimum atomic E-state index is -0.392. The van der Waals surface area contributed by atoms with Gasteiger partial charge in [0.25, 0.3) is 0 Å². The molecule has 1 unspecified atom stereocenters. The zero-order chi connectivity index (χ0) is 23.0. The number of aliphatic hydroxyl groups excluding tert-OH is 1. The summed E-state index contributed by atoms with van der Waals surface area (Å²) in [4.78, 5) is 2.26. The fraction of sp³-hybridized carbons (Fsp3) is 0.250. The Bertz CT molecular complexity index is 1130. The lowest BCUT2D eigenvalue weighted by molar-refractivity contribution is 0.101. The molecule has 3 aromatic carbocycles. The van der Waals surface area contributed by atoms with Crippen molar-refractivity contribution < 1.29 is 9.84 Å². The number of ether oxygens (including phenoxy) is 1. The number of nitrogens with zero attached hydrogens (tertiary/aromatic N) is 3. The number of aliphatic hydroxyl groups is 1. The van der Waals surface area contributed by atoms with Gasteiger partial charge in [0.05, 0.1) is 23.0 Å². The molecule has 1 atom stereocenters. The predicted molar refractivity (Wildman–Crippen MR) is 132 cm³/mol. The molecule has 1 aromatic heterocycles. The van der Waals surface area contributed by atoms with Crippen molar-refractivity contribution in [1.29, 1.82) is 0 Å². The summed E-state index contributed by atoms with van der Waals surface area (Å²) in [5.74, 6) is 1.47. The number of hydrogen-bond acceptors (Lipinski definition) is 4. The molecule has 4 rings (SSSR count). The Hall–Kier alpha value is -3.41. The van der Waals surface area contributed by atoms with Gasteiger partial charge in [0.1, 0.15) is 5.75 Å². The minimum absolute atomic E-state index is 0.392. The van der Waals surface area contributed by atoms with Crippen LogP contribution in [0.15, 0.2) is 91.0 Å². The second kappa shape index (κ2) is 10.9. The van der Waals surface area contributed by atoms with Gasteiger partial charge in [-0.1, -0.05) is 73.7 Å². The summed E-state index contributed by atoms with van der Waals surface area (Å²) in [6.07, 6.45) is 0.317. The Morgan fingerprint density at radius 2 is 1.48 bits per heavy atom. The monoisotopic (exact) mass is 441 g/mol. The topological polar surface area (TPSA) is 50.5 Å². The van der Waals surface area contributed by atoms with Gasteiger partial charge in [-0.05, 0) is 43.2 Å². The van der Waals surface area contributed by atoms with Crippen molar-refractivity contribution in [2.45, 2.75) is 39.5 Å². The smallest absolute Gasteiger partial charge is 0.227 e. The SMILES string of the molecule is CCC(O)CN(Cc1ccccc1)Cc1c(C)nn(-c2ccccc2)c1Oc1ccccc1.